The van der Waals surface area contributed by atoms with E-state index < -0.39 is 58.0 Å². The van der Waals surface area contributed by atoms with Gasteiger partial charge >= 0.3 is 36.1 Å². The summed E-state index contributed by atoms with van der Waals surface area (Å²) in [6.07, 6.45) is 2.04. The first-order valence-electron chi connectivity index (χ1n) is 12.1. The van der Waals surface area contributed by atoms with Crippen LogP contribution in [0.4, 0.5) is 9.59 Å². The Labute approximate surface area is 251 Å². The van der Waals surface area contributed by atoms with Crippen molar-refractivity contribution in [3.63, 3.8) is 0 Å². The average Bonchev–Trinajstić information content (AvgIpc) is 2.97. The molecule has 1 aliphatic heterocycles. The zero-order valence-corrected chi connectivity index (χ0v) is 24.9. The second-order valence-electron chi connectivity index (χ2n) is 8.96. The Hall–Kier alpha value is -3.92. The highest BCUT2D eigenvalue weighted by molar-refractivity contribution is 8.06. The number of nitrogens with one attached hydrogen (secondary N) is 2. The first-order valence-corrected chi connectivity index (χ1v) is 14.2. The van der Waals surface area contributed by atoms with Crippen molar-refractivity contribution < 1.29 is 57.2 Å². The van der Waals surface area contributed by atoms with Gasteiger partial charge in [-0.15, -0.1) is 23.5 Å². The molecule has 1 fully saturated rings. The third-order valence-electron chi connectivity index (χ3n) is 4.92. The zero-order valence-electron chi connectivity index (χ0n) is 23.3. The summed E-state index contributed by atoms with van der Waals surface area (Å²) in [4.78, 5) is 71.1. The Bertz CT molecular complexity index is 926. The fraction of sp³-hybridized carbons (Fsp3) is 0.462. The van der Waals surface area contributed by atoms with Crippen LogP contribution in [0.2, 0.25) is 0 Å². The van der Waals surface area contributed by atoms with Gasteiger partial charge in [-0.2, -0.15) is 0 Å². The predicted octanol–water partition coefficient (Wildman–Crippen LogP) is 2.01. The fourth-order valence-corrected chi connectivity index (χ4v) is 5.21. The minimum atomic E-state index is -1.32. The molecule has 0 bridgehead atoms. The molecule has 1 rings (SSSR count). The third-order valence-corrected chi connectivity index (χ3v) is 7.60. The van der Waals surface area contributed by atoms with Crippen molar-refractivity contribution in [3.05, 3.63) is 50.6 Å². The number of thioether (sulfide) groups is 2. The highest BCUT2D eigenvalue weighted by Crippen LogP contribution is 2.31. The van der Waals surface area contributed by atoms with Crippen LogP contribution in [0.25, 0.3) is 0 Å². The number of carbonyl (C=O) groups excluding carboxylic acids is 6. The summed E-state index contributed by atoms with van der Waals surface area (Å²) >= 11 is 2.39. The lowest BCUT2D eigenvalue weighted by Crippen LogP contribution is -2.54. The van der Waals surface area contributed by atoms with Crippen LogP contribution in [0, 0.1) is 0 Å². The summed E-state index contributed by atoms with van der Waals surface area (Å²) in [5.41, 5.74) is -3.90. The van der Waals surface area contributed by atoms with Gasteiger partial charge in [0.1, 0.15) is 37.5 Å². The van der Waals surface area contributed by atoms with E-state index in [9.17, 15) is 28.8 Å². The molecule has 1 aliphatic rings. The van der Waals surface area contributed by atoms with Crippen LogP contribution < -0.4 is 10.6 Å². The number of ether oxygens (including phenoxy) is 6. The van der Waals surface area contributed by atoms with Crippen LogP contribution in [0.3, 0.4) is 0 Å². The molecule has 0 saturated carbocycles. The van der Waals surface area contributed by atoms with Gasteiger partial charge in [-0.3, -0.25) is 0 Å². The molecule has 0 aliphatic carbocycles. The van der Waals surface area contributed by atoms with Gasteiger partial charge < -0.3 is 39.1 Å². The topological polar surface area (TPSA) is 182 Å². The van der Waals surface area contributed by atoms with Gasteiger partial charge in [0.2, 0.25) is 0 Å². The quantitative estimate of drug-likeness (QED) is 0.143. The molecule has 14 nitrogen and oxygen atoms in total. The summed E-state index contributed by atoms with van der Waals surface area (Å²) in [6.45, 7) is 14.8. The largest absolute Gasteiger partial charge is 0.460 e. The van der Waals surface area contributed by atoms with Gasteiger partial charge in [-0.05, 0) is 13.8 Å². The summed E-state index contributed by atoms with van der Waals surface area (Å²) in [7, 11) is 0. The molecule has 2 unspecified atom stereocenters. The Morgan fingerprint density at radius 1 is 0.619 bits per heavy atom. The second-order valence-corrected chi connectivity index (χ2v) is 11.3. The molecule has 16 heteroatoms. The monoisotopic (exact) mass is 630 g/mol. The molecular formula is C26H34N2O12S2. The number of hydrogen-bond donors (Lipinski definition) is 2. The van der Waals surface area contributed by atoms with Crippen molar-refractivity contribution in [1.82, 2.24) is 10.6 Å². The van der Waals surface area contributed by atoms with Gasteiger partial charge in [0.25, 0.3) is 0 Å². The molecule has 2 amide bonds. The van der Waals surface area contributed by atoms with Crippen molar-refractivity contribution in [2.45, 2.75) is 35.8 Å². The van der Waals surface area contributed by atoms with Gasteiger partial charge in [0, 0.05) is 35.8 Å². The van der Waals surface area contributed by atoms with Crippen LogP contribution in [0.1, 0.15) is 13.8 Å². The highest BCUT2D eigenvalue weighted by atomic mass is 32.2. The van der Waals surface area contributed by atoms with Gasteiger partial charge in [-0.25, -0.2) is 28.8 Å². The van der Waals surface area contributed by atoms with Gasteiger partial charge in [0.05, 0.1) is 0 Å². The molecule has 1 saturated heterocycles. The lowest BCUT2D eigenvalue weighted by atomic mass is 10.1. The minimum absolute atomic E-state index is 0.245. The maximum absolute atomic E-state index is 12.6. The van der Waals surface area contributed by atoms with E-state index in [0.29, 0.717) is 0 Å². The SMILES string of the molecule is C=CC(=O)OCC(C)(COC(=O)C=C)NC(=O)OC1CSC(OC(=O)NC(C)(COC(=O)C=C)COC(=O)C=C)CS1. The number of esters is 4. The van der Waals surface area contributed by atoms with Crippen molar-refractivity contribution in [2.75, 3.05) is 37.9 Å². The van der Waals surface area contributed by atoms with E-state index in [1.54, 1.807) is 0 Å². The number of rotatable bonds is 16. The van der Waals surface area contributed by atoms with E-state index in [1.807, 2.05) is 0 Å². The Kier molecular flexibility index (Phi) is 15.3. The number of alkyl carbamates (subject to hydrolysis) is 2. The highest BCUT2D eigenvalue weighted by Gasteiger charge is 2.35. The van der Waals surface area contributed by atoms with E-state index in [2.05, 4.69) is 36.9 Å². The molecule has 0 aromatic heterocycles. The van der Waals surface area contributed by atoms with Crippen LogP contribution in [0.15, 0.2) is 50.6 Å². The van der Waals surface area contributed by atoms with Crippen LogP contribution in [-0.2, 0) is 47.6 Å². The smallest absolute Gasteiger partial charge is 0.408 e. The third kappa shape index (κ3) is 14.1. The normalized spacial score (nSPS) is 16.3. The number of hydrogen-bond acceptors (Lipinski definition) is 14. The Morgan fingerprint density at radius 2 is 0.881 bits per heavy atom. The van der Waals surface area contributed by atoms with E-state index >= 15 is 0 Å². The molecular weight excluding hydrogens is 596 g/mol. The molecule has 2 N–H and O–H groups in total. The maximum atomic E-state index is 12.6. The average molecular weight is 631 g/mol. The van der Waals surface area contributed by atoms with E-state index in [-0.39, 0.29) is 37.9 Å². The van der Waals surface area contributed by atoms with Crippen LogP contribution in [-0.4, -0.2) is 95.9 Å². The first kappa shape index (κ1) is 36.1. The van der Waals surface area contributed by atoms with E-state index in [1.165, 1.54) is 37.4 Å². The summed E-state index contributed by atoms with van der Waals surface area (Å²) < 4.78 is 30.8. The minimum Gasteiger partial charge on any atom is -0.460 e. The lowest BCUT2D eigenvalue weighted by molar-refractivity contribution is -0.146. The first-order chi connectivity index (χ1) is 19.8. The van der Waals surface area contributed by atoms with Crippen molar-refractivity contribution in [3.8, 4) is 0 Å². The molecule has 0 aromatic carbocycles. The van der Waals surface area contributed by atoms with Gasteiger partial charge in [-0.1, -0.05) is 26.3 Å². The molecule has 2 atom stereocenters. The molecule has 0 aromatic rings. The van der Waals surface area contributed by atoms with Crippen molar-refractivity contribution >= 4 is 59.6 Å². The maximum Gasteiger partial charge on any atom is 0.408 e. The summed E-state index contributed by atoms with van der Waals surface area (Å²) in [5.74, 6) is -2.47. The van der Waals surface area contributed by atoms with Crippen molar-refractivity contribution in [2.24, 2.45) is 0 Å². The van der Waals surface area contributed by atoms with Crippen LogP contribution >= 0.6 is 23.5 Å². The second kappa shape index (κ2) is 17.8. The Morgan fingerprint density at radius 3 is 1.10 bits per heavy atom. The fourth-order valence-electron chi connectivity index (χ4n) is 2.78. The van der Waals surface area contributed by atoms with Crippen LogP contribution in [0.5, 0.6) is 0 Å². The number of amides is 2. The molecule has 1 heterocycles. The standard InChI is InChI=1S/C26H34N2O12S2/c1-7-17(29)35-13-25(5,14-36-18(30)8-2)27-23(33)39-21-11-42-22(12-41-21)40-24(34)28-26(6,15-37-19(31)9-3)16-38-20(32)10-4/h7-10,21-22H,1-4,11-16H2,5-6H3,(H,27,33)(H,28,34). The molecule has 0 radical (unpaired) electrons. The predicted molar refractivity (Wildman–Crippen MR) is 153 cm³/mol. The molecule has 0 spiro atoms. The molecule has 232 valence electrons. The van der Waals surface area contributed by atoms with E-state index in [4.69, 9.17) is 28.4 Å². The van der Waals surface area contributed by atoms with Crippen molar-refractivity contribution in [1.29, 1.82) is 0 Å². The Balaban J connectivity index is 2.65. The lowest BCUT2D eigenvalue weighted by Gasteiger charge is -2.32. The number of carbonyl (C=O) groups is 6. The zero-order chi connectivity index (χ0) is 31.8. The molecule has 42 heavy (non-hydrogen) atoms. The summed E-state index contributed by atoms with van der Waals surface area (Å²) in [6, 6.07) is 0. The van der Waals surface area contributed by atoms with Gasteiger partial charge in [0.15, 0.2) is 10.9 Å². The van der Waals surface area contributed by atoms with E-state index in [0.717, 1.165) is 24.3 Å². The summed E-state index contributed by atoms with van der Waals surface area (Å²) in [5, 5.41) is 5.06.